The average Bonchev–Trinajstić information content (AvgIpc) is 2.45. The molecule has 0 bridgehead atoms. The zero-order chi connectivity index (χ0) is 15.7. The van der Waals surface area contributed by atoms with Crippen LogP contribution in [-0.2, 0) is 6.42 Å². The molecule has 3 nitrogen and oxygen atoms in total. The molecule has 0 aliphatic rings. The van der Waals surface area contributed by atoms with Crippen molar-refractivity contribution < 1.29 is 5.11 Å². The molecule has 1 aromatic carbocycles. The van der Waals surface area contributed by atoms with Crippen molar-refractivity contribution in [1.82, 2.24) is 5.32 Å². The molecule has 3 atom stereocenters. The first-order valence-electron chi connectivity index (χ1n) is 8.20. The lowest BCUT2D eigenvalue weighted by Gasteiger charge is -2.22. The highest BCUT2D eigenvalue weighted by molar-refractivity contribution is 5.85. The summed E-state index contributed by atoms with van der Waals surface area (Å²) in [6.07, 6.45) is 3.86. The van der Waals surface area contributed by atoms with Crippen LogP contribution < -0.4 is 11.1 Å². The van der Waals surface area contributed by atoms with Gasteiger partial charge in [0.1, 0.15) is 0 Å². The zero-order valence-electron chi connectivity index (χ0n) is 14.6. The third kappa shape index (κ3) is 11.8. The molecule has 0 heterocycles. The number of rotatable bonds is 10. The molecule has 0 saturated carbocycles. The van der Waals surface area contributed by atoms with Gasteiger partial charge >= 0.3 is 0 Å². The van der Waals surface area contributed by atoms with Crippen LogP contribution in [0.3, 0.4) is 0 Å². The van der Waals surface area contributed by atoms with E-state index >= 15 is 0 Å². The lowest BCUT2D eigenvalue weighted by atomic mass is 10.0. The Balaban J connectivity index is 0. The van der Waals surface area contributed by atoms with Crippen LogP contribution in [0.25, 0.3) is 0 Å². The number of hydrogen-bond acceptors (Lipinski definition) is 3. The highest BCUT2D eigenvalue weighted by Crippen LogP contribution is 2.09. The number of aliphatic hydroxyl groups excluding tert-OH is 1. The van der Waals surface area contributed by atoms with Crippen LogP contribution in [0.15, 0.2) is 30.3 Å². The molecule has 0 amide bonds. The molecule has 0 aliphatic heterocycles. The summed E-state index contributed by atoms with van der Waals surface area (Å²) in [6, 6.07) is 10.3. The molecule has 23 heavy (non-hydrogen) atoms. The standard InChI is InChI=1S/C18H32N2O.2ClH/c1-14(2)8-7-9-15(3)20-13-18(21)17(19)12-16-10-5-4-6-11-16;;/h4-6,10-11,14-15,17-18,20-21H,7-9,12-13,19H2,1-3H3;2*1H/t15?,17-,18+;;/m0../s1. The van der Waals surface area contributed by atoms with E-state index < -0.39 is 6.10 Å². The van der Waals surface area contributed by atoms with Crippen molar-refractivity contribution in [2.45, 2.75) is 64.6 Å². The third-order valence-corrected chi connectivity index (χ3v) is 3.90. The van der Waals surface area contributed by atoms with Crippen molar-refractivity contribution in [3.05, 3.63) is 35.9 Å². The van der Waals surface area contributed by atoms with Gasteiger partial charge in [-0.2, -0.15) is 0 Å². The van der Waals surface area contributed by atoms with Gasteiger partial charge in [-0.15, -0.1) is 24.8 Å². The first-order chi connectivity index (χ1) is 9.99. The molecular weight excluding hydrogens is 331 g/mol. The number of halogens is 2. The van der Waals surface area contributed by atoms with Crippen LogP contribution in [0.2, 0.25) is 0 Å². The lowest BCUT2D eigenvalue weighted by molar-refractivity contribution is 0.138. The van der Waals surface area contributed by atoms with E-state index in [2.05, 4.69) is 38.2 Å². The predicted molar refractivity (Wildman–Crippen MR) is 105 cm³/mol. The van der Waals surface area contributed by atoms with E-state index in [1.807, 2.05) is 18.2 Å². The molecule has 0 aromatic heterocycles. The molecule has 0 aliphatic carbocycles. The maximum Gasteiger partial charge on any atom is 0.0818 e. The van der Waals surface area contributed by atoms with Gasteiger partial charge in [0.25, 0.3) is 0 Å². The van der Waals surface area contributed by atoms with Gasteiger partial charge in [-0.1, -0.05) is 57.0 Å². The topological polar surface area (TPSA) is 58.3 Å². The smallest absolute Gasteiger partial charge is 0.0818 e. The monoisotopic (exact) mass is 364 g/mol. The summed E-state index contributed by atoms with van der Waals surface area (Å²) < 4.78 is 0. The molecule has 136 valence electrons. The van der Waals surface area contributed by atoms with Crippen molar-refractivity contribution in [2.75, 3.05) is 6.54 Å². The van der Waals surface area contributed by atoms with Gasteiger partial charge in [0.15, 0.2) is 0 Å². The van der Waals surface area contributed by atoms with E-state index in [-0.39, 0.29) is 30.9 Å². The average molecular weight is 365 g/mol. The first-order valence-corrected chi connectivity index (χ1v) is 8.20. The van der Waals surface area contributed by atoms with Gasteiger partial charge in [0.2, 0.25) is 0 Å². The Kier molecular flexibility index (Phi) is 15.2. The molecular formula is C18H34Cl2N2O. The molecule has 0 spiro atoms. The van der Waals surface area contributed by atoms with Crippen molar-refractivity contribution in [3.8, 4) is 0 Å². The fourth-order valence-electron chi connectivity index (χ4n) is 2.43. The van der Waals surface area contributed by atoms with Crippen LogP contribution in [0, 0.1) is 5.92 Å². The van der Waals surface area contributed by atoms with Gasteiger partial charge in [0, 0.05) is 18.6 Å². The summed E-state index contributed by atoms with van der Waals surface area (Å²) in [5, 5.41) is 13.5. The minimum Gasteiger partial charge on any atom is -0.390 e. The normalized spacial score (nSPS) is 14.5. The largest absolute Gasteiger partial charge is 0.390 e. The molecule has 0 radical (unpaired) electrons. The van der Waals surface area contributed by atoms with E-state index in [0.717, 1.165) is 12.3 Å². The molecule has 1 aromatic rings. The van der Waals surface area contributed by atoms with E-state index in [1.165, 1.54) is 18.4 Å². The van der Waals surface area contributed by atoms with E-state index in [0.29, 0.717) is 19.0 Å². The molecule has 1 rings (SSSR count). The van der Waals surface area contributed by atoms with Gasteiger partial charge in [0.05, 0.1) is 6.10 Å². The number of hydrogen-bond donors (Lipinski definition) is 3. The van der Waals surface area contributed by atoms with Crippen LogP contribution in [-0.4, -0.2) is 29.8 Å². The Morgan fingerprint density at radius 1 is 1.04 bits per heavy atom. The SMILES string of the molecule is CC(C)CCCC(C)NC[C@@H](O)[C@@H](N)Cc1ccccc1.Cl.Cl. The van der Waals surface area contributed by atoms with Crippen molar-refractivity contribution in [2.24, 2.45) is 11.7 Å². The zero-order valence-corrected chi connectivity index (χ0v) is 16.2. The molecule has 5 heteroatoms. The van der Waals surface area contributed by atoms with Gasteiger partial charge < -0.3 is 16.2 Å². The third-order valence-electron chi connectivity index (χ3n) is 3.90. The maximum absolute atomic E-state index is 10.2. The highest BCUT2D eigenvalue weighted by Gasteiger charge is 2.16. The minimum atomic E-state index is -0.502. The summed E-state index contributed by atoms with van der Waals surface area (Å²) in [6.45, 7) is 7.25. The van der Waals surface area contributed by atoms with E-state index in [4.69, 9.17) is 5.73 Å². The molecule has 4 N–H and O–H groups in total. The summed E-state index contributed by atoms with van der Waals surface area (Å²) in [5.74, 6) is 0.766. The second kappa shape index (κ2) is 14.1. The van der Waals surface area contributed by atoms with Crippen molar-refractivity contribution in [1.29, 1.82) is 0 Å². The van der Waals surface area contributed by atoms with Crippen LogP contribution in [0.4, 0.5) is 0 Å². The minimum absolute atomic E-state index is 0. The van der Waals surface area contributed by atoms with Crippen LogP contribution in [0.1, 0.15) is 45.6 Å². The summed E-state index contributed by atoms with van der Waals surface area (Å²) in [7, 11) is 0. The fraction of sp³-hybridized carbons (Fsp3) is 0.667. The Hall–Kier alpha value is -0.320. The first kappa shape index (κ1) is 24.9. The molecule has 0 fully saturated rings. The van der Waals surface area contributed by atoms with Gasteiger partial charge in [-0.25, -0.2) is 0 Å². The van der Waals surface area contributed by atoms with Gasteiger partial charge in [-0.3, -0.25) is 0 Å². The van der Waals surface area contributed by atoms with Crippen molar-refractivity contribution >= 4 is 24.8 Å². The Morgan fingerprint density at radius 3 is 2.22 bits per heavy atom. The lowest BCUT2D eigenvalue weighted by Crippen LogP contribution is -2.45. The number of nitrogens with two attached hydrogens (primary N) is 1. The van der Waals surface area contributed by atoms with E-state index in [1.54, 1.807) is 0 Å². The Labute approximate surface area is 154 Å². The molecule has 0 saturated heterocycles. The number of nitrogens with one attached hydrogen (secondary N) is 1. The molecule has 1 unspecified atom stereocenters. The maximum atomic E-state index is 10.2. The summed E-state index contributed by atoms with van der Waals surface area (Å²) >= 11 is 0. The van der Waals surface area contributed by atoms with Gasteiger partial charge in [-0.05, 0) is 31.2 Å². The quantitative estimate of drug-likeness (QED) is 0.594. The van der Waals surface area contributed by atoms with Crippen LogP contribution in [0.5, 0.6) is 0 Å². The van der Waals surface area contributed by atoms with E-state index in [9.17, 15) is 5.11 Å². The predicted octanol–water partition coefficient (Wildman–Crippen LogP) is 3.57. The Morgan fingerprint density at radius 2 is 1.65 bits per heavy atom. The van der Waals surface area contributed by atoms with Crippen LogP contribution >= 0.6 is 24.8 Å². The second-order valence-corrected chi connectivity index (χ2v) is 6.55. The van der Waals surface area contributed by atoms with Crippen molar-refractivity contribution in [3.63, 3.8) is 0 Å². The summed E-state index contributed by atoms with van der Waals surface area (Å²) in [4.78, 5) is 0. The number of aliphatic hydroxyl groups is 1. The summed E-state index contributed by atoms with van der Waals surface area (Å²) in [5.41, 5.74) is 7.26. The second-order valence-electron chi connectivity index (χ2n) is 6.55. The number of benzene rings is 1. The fourth-order valence-corrected chi connectivity index (χ4v) is 2.43. The Bertz CT molecular complexity index is 377. The highest BCUT2D eigenvalue weighted by atomic mass is 35.5.